The summed E-state index contributed by atoms with van der Waals surface area (Å²) in [5.41, 5.74) is 1.65. The minimum atomic E-state index is -0.194. The van der Waals surface area contributed by atoms with Gasteiger partial charge in [0.25, 0.3) is 0 Å². The zero-order valence-electron chi connectivity index (χ0n) is 12.3. The molecule has 0 amide bonds. The van der Waals surface area contributed by atoms with E-state index in [2.05, 4.69) is 40.1 Å². The van der Waals surface area contributed by atoms with Crippen molar-refractivity contribution in [1.29, 1.82) is 0 Å². The van der Waals surface area contributed by atoms with Crippen LogP contribution in [0.2, 0.25) is 0 Å². The van der Waals surface area contributed by atoms with Gasteiger partial charge in [0.15, 0.2) is 0 Å². The first-order chi connectivity index (χ1) is 10.1. The number of rotatable bonds is 6. The number of hydrogen-bond donors (Lipinski definition) is 1. The third-order valence-electron chi connectivity index (χ3n) is 3.57. The van der Waals surface area contributed by atoms with Gasteiger partial charge in [0.05, 0.1) is 0 Å². The number of halogens is 2. The Hall–Kier alpha value is -1.26. The Morgan fingerprint density at radius 3 is 2.71 bits per heavy atom. The Labute approximate surface area is 133 Å². The van der Waals surface area contributed by atoms with Gasteiger partial charge in [0.1, 0.15) is 5.82 Å². The normalized spacial score (nSPS) is 13.9. The van der Waals surface area contributed by atoms with Crippen LogP contribution in [0.1, 0.15) is 43.5 Å². The molecule has 0 saturated heterocycles. The largest absolute Gasteiger partial charge is 0.309 e. The maximum absolute atomic E-state index is 14.3. The summed E-state index contributed by atoms with van der Waals surface area (Å²) in [6, 6.07) is 11.0. The summed E-state index contributed by atoms with van der Waals surface area (Å²) in [7, 11) is 0. The van der Waals surface area contributed by atoms with Crippen LogP contribution in [0.15, 0.2) is 47.1 Å². The van der Waals surface area contributed by atoms with Crippen molar-refractivity contribution in [2.75, 3.05) is 6.54 Å². The first-order valence-electron chi connectivity index (χ1n) is 7.22. The standard InChI is InChI=1S/C17H20BrFN2/c1-3-9-21-17(12(2)16-6-4-5-10-20-16)14-8-7-13(18)11-15(14)19/h4-8,10-12,17,21H,3,9H2,1-2H3. The zero-order chi connectivity index (χ0) is 15.2. The molecule has 2 atom stereocenters. The van der Waals surface area contributed by atoms with Gasteiger partial charge in [-0.3, -0.25) is 4.98 Å². The van der Waals surface area contributed by atoms with Gasteiger partial charge in [-0.25, -0.2) is 4.39 Å². The molecule has 0 fully saturated rings. The molecule has 2 rings (SSSR count). The van der Waals surface area contributed by atoms with Crippen molar-refractivity contribution in [1.82, 2.24) is 10.3 Å². The van der Waals surface area contributed by atoms with Crippen molar-refractivity contribution in [3.8, 4) is 0 Å². The first kappa shape index (κ1) is 16.1. The van der Waals surface area contributed by atoms with Crippen LogP contribution in [-0.2, 0) is 0 Å². The second kappa shape index (κ2) is 7.66. The highest BCUT2D eigenvalue weighted by Gasteiger charge is 2.23. The molecule has 1 aromatic heterocycles. The molecule has 0 radical (unpaired) electrons. The van der Waals surface area contributed by atoms with Crippen LogP contribution >= 0.6 is 15.9 Å². The summed E-state index contributed by atoms with van der Waals surface area (Å²) in [5.74, 6) is -0.103. The Morgan fingerprint density at radius 1 is 1.29 bits per heavy atom. The predicted octanol–water partition coefficient (Wildman–Crippen LogP) is 4.83. The number of aromatic nitrogens is 1. The van der Waals surface area contributed by atoms with Gasteiger partial charge >= 0.3 is 0 Å². The molecule has 0 aliphatic heterocycles. The van der Waals surface area contributed by atoms with E-state index in [0.29, 0.717) is 5.56 Å². The first-order valence-corrected chi connectivity index (χ1v) is 8.02. The van der Waals surface area contributed by atoms with Crippen LogP contribution in [0.3, 0.4) is 0 Å². The molecule has 21 heavy (non-hydrogen) atoms. The molecule has 112 valence electrons. The summed E-state index contributed by atoms with van der Waals surface area (Å²) < 4.78 is 15.1. The van der Waals surface area contributed by atoms with Gasteiger partial charge in [-0.15, -0.1) is 0 Å². The molecule has 0 spiro atoms. The van der Waals surface area contributed by atoms with Crippen LogP contribution in [0.4, 0.5) is 4.39 Å². The van der Waals surface area contributed by atoms with Gasteiger partial charge in [0, 0.05) is 33.9 Å². The number of hydrogen-bond acceptors (Lipinski definition) is 2. The topological polar surface area (TPSA) is 24.9 Å². The Balaban J connectivity index is 2.33. The van der Waals surface area contributed by atoms with Crippen molar-refractivity contribution in [2.45, 2.75) is 32.2 Å². The lowest BCUT2D eigenvalue weighted by Gasteiger charge is -2.26. The van der Waals surface area contributed by atoms with E-state index in [9.17, 15) is 4.39 Å². The Kier molecular flexibility index (Phi) is 5.88. The minimum Gasteiger partial charge on any atom is -0.309 e. The molecule has 2 aromatic rings. The van der Waals surface area contributed by atoms with Crippen LogP contribution in [0, 0.1) is 5.82 Å². The van der Waals surface area contributed by atoms with Gasteiger partial charge in [-0.1, -0.05) is 41.9 Å². The summed E-state index contributed by atoms with van der Waals surface area (Å²) >= 11 is 3.31. The predicted molar refractivity (Wildman–Crippen MR) is 87.8 cm³/mol. The third kappa shape index (κ3) is 4.11. The molecule has 0 aliphatic rings. The Bertz CT molecular complexity index is 574. The molecule has 1 heterocycles. The van der Waals surface area contributed by atoms with Crippen LogP contribution in [-0.4, -0.2) is 11.5 Å². The molecule has 0 saturated carbocycles. The highest BCUT2D eigenvalue weighted by molar-refractivity contribution is 9.10. The van der Waals surface area contributed by atoms with E-state index in [1.54, 1.807) is 6.20 Å². The van der Waals surface area contributed by atoms with Crippen LogP contribution in [0.25, 0.3) is 0 Å². The summed E-state index contributed by atoms with van der Waals surface area (Å²) in [6.45, 7) is 5.03. The fourth-order valence-corrected chi connectivity index (χ4v) is 2.76. The number of nitrogens with one attached hydrogen (secondary N) is 1. The molecular formula is C17H20BrFN2. The lowest BCUT2D eigenvalue weighted by Crippen LogP contribution is -2.28. The van der Waals surface area contributed by atoms with E-state index < -0.39 is 0 Å². The molecule has 1 N–H and O–H groups in total. The SMILES string of the molecule is CCCNC(c1ccc(Br)cc1F)C(C)c1ccccn1. The minimum absolute atomic E-state index is 0.0899. The molecule has 2 unspecified atom stereocenters. The Morgan fingerprint density at radius 2 is 2.10 bits per heavy atom. The van der Waals surface area contributed by atoms with Crippen molar-refractivity contribution < 1.29 is 4.39 Å². The summed E-state index contributed by atoms with van der Waals surface area (Å²) in [6.07, 6.45) is 2.78. The molecule has 2 nitrogen and oxygen atoms in total. The van der Waals surface area contributed by atoms with Gasteiger partial charge < -0.3 is 5.32 Å². The fraction of sp³-hybridized carbons (Fsp3) is 0.353. The summed E-state index contributed by atoms with van der Waals surface area (Å²) in [5, 5.41) is 3.45. The van der Waals surface area contributed by atoms with E-state index in [1.807, 2.05) is 30.3 Å². The smallest absolute Gasteiger partial charge is 0.129 e. The quantitative estimate of drug-likeness (QED) is 0.807. The van der Waals surface area contributed by atoms with Crippen LogP contribution in [0.5, 0.6) is 0 Å². The number of benzene rings is 1. The molecule has 1 aromatic carbocycles. The lowest BCUT2D eigenvalue weighted by atomic mass is 9.91. The maximum atomic E-state index is 14.3. The molecule has 0 aliphatic carbocycles. The van der Waals surface area contributed by atoms with Crippen molar-refractivity contribution >= 4 is 15.9 Å². The monoisotopic (exact) mass is 350 g/mol. The zero-order valence-corrected chi connectivity index (χ0v) is 13.9. The van der Waals surface area contributed by atoms with Gasteiger partial charge in [0.2, 0.25) is 0 Å². The molecule has 0 bridgehead atoms. The maximum Gasteiger partial charge on any atom is 0.129 e. The van der Waals surface area contributed by atoms with E-state index in [-0.39, 0.29) is 17.8 Å². The molecule has 4 heteroatoms. The highest BCUT2D eigenvalue weighted by Crippen LogP contribution is 2.32. The van der Waals surface area contributed by atoms with Crippen molar-refractivity contribution in [2.24, 2.45) is 0 Å². The third-order valence-corrected chi connectivity index (χ3v) is 4.06. The van der Waals surface area contributed by atoms with E-state index >= 15 is 0 Å². The van der Waals surface area contributed by atoms with E-state index in [0.717, 1.165) is 23.1 Å². The van der Waals surface area contributed by atoms with Crippen molar-refractivity contribution in [3.63, 3.8) is 0 Å². The van der Waals surface area contributed by atoms with E-state index in [1.165, 1.54) is 6.07 Å². The molecular weight excluding hydrogens is 331 g/mol. The van der Waals surface area contributed by atoms with Crippen molar-refractivity contribution in [3.05, 3.63) is 64.1 Å². The van der Waals surface area contributed by atoms with E-state index in [4.69, 9.17) is 0 Å². The highest BCUT2D eigenvalue weighted by atomic mass is 79.9. The fourth-order valence-electron chi connectivity index (χ4n) is 2.43. The lowest BCUT2D eigenvalue weighted by molar-refractivity contribution is 0.440. The summed E-state index contributed by atoms with van der Waals surface area (Å²) in [4.78, 5) is 4.41. The van der Waals surface area contributed by atoms with Gasteiger partial charge in [-0.2, -0.15) is 0 Å². The second-order valence-electron chi connectivity index (χ2n) is 5.14. The average Bonchev–Trinajstić information content (AvgIpc) is 2.50. The number of nitrogens with zero attached hydrogens (tertiary/aromatic N) is 1. The number of pyridine rings is 1. The van der Waals surface area contributed by atoms with Crippen LogP contribution < -0.4 is 5.32 Å². The van der Waals surface area contributed by atoms with Gasteiger partial charge in [-0.05, 0) is 37.2 Å². The average molecular weight is 351 g/mol. The second-order valence-corrected chi connectivity index (χ2v) is 6.06.